The van der Waals surface area contributed by atoms with Gasteiger partial charge in [0.25, 0.3) is 0 Å². The van der Waals surface area contributed by atoms with Crippen LogP contribution in [0, 0.1) is 0 Å². The molecule has 0 bridgehead atoms. The zero-order valence-electron chi connectivity index (χ0n) is 10.0. The molecular weight excluding hydrogens is 318 g/mol. The van der Waals surface area contributed by atoms with E-state index >= 15 is 0 Å². The van der Waals surface area contributed by atoms with Crippen molar-refractivity contribution >= 4 is 27.5 Å². The Morgan fingerprint density at radius 2 is 2.11 bits per heavy atom. The van der Waals surface area contributed by atoms with Gasteiger partial charge in [-0.25, -0.2) is 0 Å². The monoisotopic (exact) mass is 329 g/mol. The number of nitrogens with zero attached hydrogens (tertiary/aromatic N) is 2. The highest BCUT2D eigenvalue weighted by Crippen LogP contribution is 2.28. The molecule has 0 saturated carbocycles. The summed E-state index contributed by atoms with van der Waals surface area (Å²) in [5.74, 6) is 1.20. The van der Waals surface area contributed by atoms with Crippen molar-refractivity contribution < 1.29 is 4.52 Å². The van der Waals surface area contributed by atoms with E-state index in [4.69, 9.17) is 21.9 Å². The Balaban J connectivity index is 2.32. The van der Waals surface area contributed by atoms with Crippen molar-refractivity contribution in [3.63, 3.8) is 0 Å². The van der Waals surface area contributed by atoms with Crippen LogP contribution in [0.4, 0.5) is 0 Å². The SMILES string of the molecule is CC(C)c1nc(C(N)c2ccc(Br)cc2Cl)no1. The molecule has 2 rings (SSSR count). The number of benzene rings is 1. The zero-order chi connectivity index (χ0) is 13.3. The second-order valence-corrected chi connectivity index (χ2v) is 5.61. The summed E-state index contributed by atoms with van der Waals surface area (Å²) < 4.78 is 6.04. The lowest BCUT2D eigenvalue weighted by molar-refractivity contribution is 0.359. The summed E-state index contributed by atoms with van der Waals surface area (Å²) in [4.78, 5) is 4.28. The topological polar surface area (TPSA) is 64.9 Å². The van der Waals surface area contributed by atoms with Crippen molar-refractivity contribution in [3.05, 3.63) is 45.0 Å². The van der Waals surface area contributed by atoms with Crippen molar-refractivity contribution in [2.24, 2.45) is 5.73 Å². The molecule has 0 aliphatic carbocycles. The van der Waals surface area contributed by atoms with Gasteiger partial charge in [0, 0.05) is 15.4 Å². The molecule has 4 nitrogen and oxygen atoms in total. The predicted molar refractivity (Wildman–Crippen MR) is 73.6 cm³/mol. The van der Waals surface area contributed by atoms with E-state index < -0.39 is 6.04 Å². The van der Waals surface area contributed by atoms with Gasteiger partial charge in [-0.2, -0.15) is 4.98 Å². The third-order valence-corrected chi connectivity index (χ3v) is 3.35. The van der Waals surface area contributed by atoms with Gasteiger partial charge in [-0.05, 0) is 17.7 Å². The molecule has 18 heavy (non-hydrogen) atoms. The molecule has 1 unspecified atom stereocenters. The smallest absolute Gasteiger partial charge is 0.229 e. The van der Waals surface area contributed by atoms with Gasteiger partial charge in [-0.1, -0.05) is 52.6 Å². The zero-order valence-corrected chi connectivity index (χ0v) is 12.4. The van der Waals surface area contributed by atoms with Gasteiger partial charge < -0.3 is 10.3 Å². The van der Waals surface area contributed by atoms with Crippen LogP contribution in [0.25, 0.3) is 0 Å². The van der Waals surface area contributed by atoms with Crippen molar-refractivity contribution in [3.8, 4) is 0 Å². The van der Waals surface area contributed by atoms with Crippen LogP contribution in [0.15, 0.2) is 27.2 Å². The van der Waals surface area contributed by atoms with Crippen LogP contribution < -0.4 is 5.73 Å². The van der Waals surface area contributed by atoms with Crippen LogP contribution >= 0.6 is 27.5 Å². The Labute approximate surface area is 119 Å². The van der Waals surface area contributed by atoms with Crippen molar-refractivity contribution in [2.75, 3.05) is 0 Å². The Morgan fingerprint density at radius 1 is 1.39 bits per heavy atom. The summed E-state index contributed by atoms with van der Waals surface area (Å²) in [5, 5.41) is 4.47. The molecule has 0 amide bonds. The van der Waals surface area contributed by atoms with E-state index in [0.29, 0.717) is 16.7 Å². The van der Waals surface area contributed by atoms with Crippen LogP contribution in [-0.2, 0) is 0 Å². The van der Waals surface area contributed by atoms with E-state index in [2.05, 4.69) is 26.1 Å². The second kappa shape index (κ2) is 5.38. The molecule has 2 N–H and O–H groups in total. The Kier molecular flexibility index (Phi) is 4.04. The molecule has 1 atom stereocenters. The fraction of sp³-hybridized carbons (Fsp3) is 0.333. The van der Waals surface area contributed by atoms with Crippen LogP contribution in [-0.4, -0.2) is 10.1 Å². The molecule has 2 aromatic rings. The van der Waals surface area contributed by atoms with E-state index in [-0.39, 0.29) is 5.92 Å². The lowest BCUT2D eigenvalue weighted by atomic mass is 10.1. The normalized spacial score (nSPS) is 13.0. The maximum atomic E-state index is 6.15. The Morgan fingerprint density at radius 3 is 2.67 bits per heavy atom. The number of hydrogen-bond donors (Lipinski definition) is 1. The van der Waals surface area contributed by atoms with Gasteiger partial charge in [-0.3, -0.25) is 0 Å². The van der Waals surface area contributed by atoms with Crippen molar-refractivity contribution in [1.82, 2.24) is 10.1 Å². The minimum absolute atomic E-state index is 0.179. The Bertz CT molecular complexity index is 556. The summed E-state index contributed by atoms with van der Waals surface area (Å²) >= 11 is 9.50. The molecule has 1 heterocycles. The number of halogens is 2. The molecule has 0 fully saturated rings. The van der Waals surface area contributed by atoms with Crippen LogP contribution in [0.3, 0.4) is 0 Å². The highest BCUT2D eigenvalue weighted by atomic mass is 79.9. The first-order valence-corrected chi connectivity index (χ1v) is 6.70. The van der Waals surface area contributed by atoms with E-state index in [1.165, 1.54) is 0 Å². The first-order chi connectivity index (χ1) is 8.49. The van der Waals surface area contributed by atoms with Gasteiger partial charge in [-0.15, -0.1) is 0 Å². The fourth-order valence-electron chi connectivity index (χ4n) is 1.50. The molecule has 6 heteroatoms. The molecule has 0 radical (unpaired) electrons. The minimum atomic E-state index is -0.484. The van der Waals surface area contributed by atoms with Gasteiger partial charge in [0.15, 0.2) is 5.82 Å². The van der Waals surface area contributed by atoms with E-state index in [1.54, 1.807) is 6.07 Å². The highest BCUT2D eigenvalue weighted by Gasteiger charge is 2.19. The fourth-order valence-corrected chi connectivity index (χ4v) is 2.29. The van der Waals surface area contributed by atoms with Gasteiger partial charge in [0.05, 0.1) is 6.04 Å². The highest BCUT2D eigenvalue weighted by molar-refractivity contribution is 9.10. The molecule has 0 aliphatic heterocycles. The minimum Gasteiger partial charge on any atom is -0.339 e. The van der Waals surface area contributed by atoms with Crippen LogP contribution in [0.2, 0.25) is 5.02 Å². The molecular formula is C12H13BrClN3O. The summed E-state index contributed by atoms with van der Waals surface area (Å²) in [6.07, 6.45) is 0. The molecule has 0 spiro atoms. The third kappa shape index (κ3) is 2.74. The number of hydrogen-bond acceptors (Lipinski definition) is 4. The van der Waals surface area contributed by atoms with Gasteiger partial charge >= 0.3 is 0 Å². The molecule has 1 aromatic carbocycles. The average Bonchev–Trinajstić information content (AvgIpc) is 2.77. The van der Waals surface area contributed by atoms with Gasteiger partial charge in [0.2, 0.25) is 5.89 Å². The van der Waals surface area contributed by atoms with E-state index in [9.17, 15) is 0 Å². The standard InChI is InChI=1S/C12H13BrClN3O/c1-6(2)12-16-11(17-18-12)10(15)8-4-3-7(13)5-9(8)14/h3-6,10H,15H2,1-2H3. The van der Waals surface area contributed by atoms with Crippen molar-refractivity contribution in [1.29, 1.82) is 0 Å². The van der Waals surface area contributed by atoms with E-state index in [1.807, 2.05) is 26.0 Å². The van der Waals surface area contributed by atoms with E-state index in [0.717, 1.165) is 10.0 Å². The van der Waals surface area contributed by atoms with Crippen LogP contribution in [0.5, 0.6) is 0 Å². The van der Waals surface area contributed by atoms with Gasteiger partial charge in [0.1, 0.15) is 0 Å². The lowest BCUT2D eigenvalue weighted by Gasteiger charge is -2.09. The number of nitrogens with two attached hydrogens (primary N) is 1. The van der Waals surface area contributed by atoms with Crippen molar-refractivity contribution in [2.45, 2.75) is 25.8 Å². The maximum absolute atomic E-state index is 6.15. The average molecular weight is 331 g/mol. The largest absolute Gasteiger partial charge is 0.339 e. The first-order valence-electron chi connectivity index (χ1n) is 5.53. The molecule has 1 aromatic heterocycles. The van der Waals surface area contributed by atoms with Crippen LogP contribution in [0.1, 0.15) is 43.1 Å². The quantitative estimate of drug-likeness (QED) is 0.933. The molecule has 96 valence electrons. The second-order valence-electron chi connectivity index (χ2n) is 4.29. The summed E-state index contributed by atoms with van der Waals surface area (Å²) in [6.45, 7) is 3.96. The molecule has 0 saturated heterocycles. The summed E-state index contributed by atoms with van der Waals surface area (Å²) in [6, 6.07) is 5.04. The summed E-state index contributed by atoms with van der Waals surface area (Å²) in [5.41, 5.74) is 6.87. The third-order valence-electron chi connectivity index (χ3n) is 2.53. The number of rotatable bonds is 3. The maximum Gasteiger partial charge on any atom is 0.229 e. The molecule has 0 aliphatic rings. The first kappa shape index (κ1) is 13.5. The lowest BCUT2D eigenvalue weighted by Crippen LogP contribution is -2.14. The summed E-state index contributed by atoms with van der Waals surface area (Å²) in [7, 11) is 0. The Hall–Kier alpha value is -0.910. The number of aromatic nitrogens is 2. The predicted octanol–water partition coefficient (Wildman–Crippen LogP) is 3.66.